The maximum atomic E-state index is 12.5. The highest BCUT2D eigenvalue weighted by atomic mass is 16.5. The molecule has 0 aliphatic carbocycles. The Hall–Kier alpha value is -1.55. The molecule has 104 valence electrons. The van der Waals surface area contributed by atoms with Crippen LogP contribution in [-0.4, -0.2) is 36.5 Å². The summed E-state index contributed by atoms with van der Waals surface area (Å²) in [4.78, 5) is 14.3. The van der Waals surface area contributed by atoms with E-state index in [0.29, 0.717) is 36.9 Å². The maximum Gasteiger partial charge on any atom is 0.257 e. The Morgan fingerprint density at radius 1 is 1.42 bits per heavy atom. The number of carbonyl (C=O) groups is 1. The van der Waals surface area contributed by atoms with Gasteiger partial charge in [0.25, 0.3) is 5.91 Å². The second-order valence-electron chi connectivity index (χ2n) is 5.15. The lowest BCUT2D eigenvalue weighted by Crippen LogP contribution is -2.44. The summed E-state index contributed by atoms with van der Waals surface area (Å²) >= 11 is 0. The van der Waals surface area contributed by atoms with Crippen molar-refractivity contribution in [3.63, 3.8) is 0 Å². The number of carbonyl (C=O) groups excluding carboxylic acids is 1. The highest BCUT2D eigenvalue weighted by Crippen LogP contribution is 2.22. The van der Waals surface area contributed by atoms with E-state index in [4.69, 9.17) is 10.5 Å². The summed E-state index contributed by atoms with van der Waals surface area (Å²) in [6.45, 7) is 5.95. The maximum absolute atomic E-state index is 12.5. The Bertz CT molecular complexity index is 448. The number of hydrogen-bond acceptors (Lipinski definition) is 3. The first kappa shape index (κ1) is 13.9. The highest BCUT2D eigenvalue weighted by Gasteiger charge is 2.25. The fourth-order valence-electron chi connectivity index (χ4n) is 2.22. The molecule has 0 saturated carbocycles. The van der Waals surface area contributed by atoms with Crippen LogP contribution in [0.5, 0.6) is 5.75 Å². The van der Waals surface area contributed by atoms with Crippen molar-refractivity contribution in [1.82, 2.24) is 4.90 Å². The van der Waals surface area contributed by atoms with Crippen molar-refractivity contribution in [3.8, 4) is 5.75 Å². The molecule has 0 radical (unpaired) electrons. The van der Waals surface area contributed by atoms with Crippen LogP contribution in [0.2, 0.25) is 0 Å². The molecule has 2 atom stereocenters. The van der Waals surface area contributed by atoms with E-state index >= 15 is 0 Å². The summed E-state index contributed by atoms with van der Waals surface area (Å²) in [6, 6.07) is 7.40. The SMILES string of the molecule is CCC(C)C(N)CN1CCOc2ccccc2C1=O. The zero-order valence-corrected chi connectivity index (χ0v) is 11.6. The Morgan fingerprint density at radius 2 is 2.16 bits per heavy atom. The minimum Gasteiger partial charge on any atom is -0.491 e. The van der Waals surface area contributed by atoms with Crippen LogP contribution in [0.25, 0.3) is 0 Å². The largest absolute Gasteiger partial charge is 0.491 e. The standard InChI is InChI=1S/C15H22N2O2/c1-3-11(2)13(16)10-17-8-9-19-14-7-5-4-6-12(14)15(17)18/h4-7,11,13H,3,8-10,16H2,1-2H3. The van der Waals surface area contributed by atoms with Gasteiger partial charge in [0.2, 0.25) is 0 Å². The van der Waals surface area contributed by atoms with Gasteiger partial charge in [0.05, 0.1) is 12.1 Å². The van der Waals surface area contributed by atoms with E-state index in [1.165, 1.54) is 0 Å². The first-order valence-corrected chi connectivity index (χ1v) is 6.90. The summed E-state index contributed by atoms with van der Waals surface area (Å²) < 4.78 is 5.61. The normalized spacial score (nSPS) is 18.3. The topological polar surface area (TPSA) is 55.6 Å². The molecule has 0 fully saturated rings. The number of fused-ring (bicyclic) bond motifs is 1. The Kier molecular flexibility index (Phi) is 4.43. The van der Waals surface area contributed by atoms with Gasteiger partial charge in [0.15, 0.2) is 0 Å². The monoisotopic (exact) mass is 262 g/mol. The molecule has 1 aromatic carbocycles. The van der Waals surface area contributed by atoms with Gasteiger partial charge in [0, 0.05) is 12.6 Å². The van der Waals surface area contributed by atoms with Gasteiger partial charge in [-0.3, -0.25) is 4.79 Å². The summed E-state index contributed by atoms with van der Waals surface area (Å²) in [5.41, 5.74) is 6.79. The number of rotatable bonds is 4. The van der Waals surface area contributed by atoms with Crippen molar-refractivity contribution >= 4 is 5.91 Å². The summed E-state index contributed by atoms with van der Waals surface area (Å²) in [7, 11) is 0. The average molecular weight is 262 g/mol. The van der Waals surface area contributed by atoms with Crippen molar-refractivity contribution in [2.24, 2.45) is 11.7 Å². The molecule has 0 spiro atoms. The van der Waals surface area contributed by atoms with E-state index in [0.717, 1.165) is 6.42 Å². The molecular weight excluding hydrogens is 240 g/mol. The van der Waals surface area contributed by atoms with Crippen LogP contribution in [0.1, 0.15) is 30.6 Å². The van der Waals surface area contributed by atoms with Gasteiger partial charge in [0.1, 0.15) is 12.4 Å². The van der Waals surface area contributed by atoms with Crippen LogP contribution in [0, 0.1) is 5.92 Å². The van der Waals surface area contributed by atoms with Crippen LogP contribution in [0.15, 0.2) is 24.3 Å². The van der Waals surface area contributed by atoms with Crippen molar-refractivity contribution < 1.29 is 9.53 Å². The predicted octanol–water partition coefficient (Wildman–Crippen LogP) is 1.89. The van der Waals surface area contributed by atoms with Gasteiger partial charge < -0.3 is 15.4 Å². The quantitative estimate of drug-likeness (QED) is 0.901. The molecule has 0 aromatic heterocycles. The number of nitrogens with zero attached hydrogens (tertiary/aromatic N) is 1. The fourth-order valence-corrected chi connectivity index (χ4v) is 2.22. The second-order valence-corrected chi connectivity index (χ2v) is 5.15. The predicted molar refractivity (Wildman–Crippen MR) is 75.3 cm³/mol. The van der Waals surface area contributed by atoms with Gasteiger partial charge in [-0.15, -0.1) is 0 Å². The number of ether oxygens (including phenoxy) is 1. The molecule has 1 amide bonds. The molecule has 19 heavy (non-hydrogen) atoms. The van der Waals surface area contributed by atoms with Crippen LogP contribution in [0.3, 0.4) is 0 Å². The Balaban J connectivity index is 2.13. The number of benzene rings is 1. The van der Waals surface area contributed by atoms with Crippen LogP contribution < -0.4 is 10.5 Å². The lowest BCUT2D eigenvalue weighted by molar-refractivity contribution is 0.0734. The molecule has 4 nitrogen and oxygen atoms in total. The molecule has 1 aliphatic rings. The Morgan fingerprint density at radius 3 is 2.89 bits per heavy atom. The summed E-state index contributed by atoms with van der Waals surface area (Å²) in [6.07, 6.45) is 1.02. The van der Waals surface area contributed by atoms with E-state index in [1.807, 2.05) is 29.2 Å². The third-order valence-corrected chi connectivity index (χ3v) is 3.83. The van der Waals surface area contributed by atoms with E-state index in [-0.39, 0.29) is 11.9 Å². The van der Waals surface area contributed by atoms with Gasteiger partial charge in [-0.1, -0.05) is 32.4 Å². The van der Waals surface area contributed by atoms with Gasteiger partial charge >= 0.3 is 0 Å². The zero-order valence-electron chi connectivity index (χ0n) is 11.6. The smallest absolute Gasteiger partial charge is 0.257 e. The molecule has 1 aromatic rings. The van der Waals surface area contributed by atoms with Gasteiger partial charge in [-0.05, 0) is 18.1 Å². The minimum absolute atomic E-state index is 0.0132. The first-order valence-electron chi connectivity index (χ1n) is 6.90. The lowest BCUT2D eigenvalue weighted by Gasteiger charge is -2.27. The van der Waals surface area contributed by atoms with Crippen LogP contribution in [-0.2, 0) is 0 Å². The third-order valence-electron chi connectivity index (χ3n) is 3.83. The van der Waals surface area contributed by atoms with Crippen molar-refractivity contribution in [2.45, 2.75) is 26.3 Å². The molecular formula is C15H22N2O2. The number of para-hydroxylation sites is 1. The number of hydrogen-bond donors (Lipinski definition) is 1. The van der Waals surface area contributed by atoms with E-state index < -0.39 is 0 Å². The molecule has 4 heteroatoms. The molecule has 1 aliphatic heterocycles. The zero-order chi connectivity index (χ0) is 13.8. The number of amides is 1. The highest BCUT2D eigenvalue weighted by molar-refractivity contribution is 5.97. The fraction of sp³-hybridized carbons (Fsp3) is 0.533. The van der Waals surface area contributed by atoms with E-state index in [9.17, 15) is 4.79 Å². The van der Waals surface area contributed by atoms with Crippen molar-refractivity contribution in [3.05, 3.63) is 29.8 Å². The summed E-state index contributed by atoms with van der Waals surface area (Å²) in [5.74, 6) is 1.10. The Labute approximate surface area is 114 Å². The first-order chi connectivity index (χ1) is 9.13. The molecule has 1 heterocycles. The average Bonchev–Trinajstić information content (AvgIpc) is 2.59. The molecule has 2 rings (SSSR count). The third kappa shape index (κ3) is 3.07. The van der Waals surface area contributed by atoms with Crippen LogP contribution >= 0.6 is 0 Å². The minimum atomic E-state index is 0.0132. The number of nitrogens with two attached hydrogens (primary N) is 1. The van der Waals surface area contributed by atoms with Gasteiger partial charge in [-0.2, -0.15) is 0 Å². The second kappa shape index (κ2) is 6.06. The van der Waals surface area contributed by atoms with Crippen molar-refractivity contribution in [1.29, 1.82) is 0 Å². The molecule has 0 saturated heterocycles. The molecule has 2 N–H and O–H groups in total. The molecule has 0 bridgehead atoms. The van der Waals surface area contributed by atoms with E-state index in [1.54, 1.807) is 0 Å². The van der Waals surface area contributed by atoms with Crippen LogP contribution in [0.4, 0.5) is 0 Å². The van der Waals surface area contributed by atoms with E-state index in [2.05, 4.69) is 13.8 Å². The van der Waals surface area contributed by atoms with Crippen molar-refractivity contribution in [2.75, 3.05) is 19.7 Å². The molecule has 2 unspecified atom stereocenters. The summed E-state index contributed by atoms with van der Waals surface area (Å²) in [5, 5.41) is 0. The van der Waals surface area contributed by atoms with Gasteiger partial charge in [-0.25, -0.2) is 0 Å². The lowest BCUT2D eigenvalue weighted by atomic mass is 9.99.